The number of ether oxygens (including phenoxy) is 2. The molecule has 2 atom stereocenters. The van der Waals surface area contributed by atoms with Crippen molar-refractivity contribution in [1.82, 2.24) is 5.32 Å². The summed E-state index contributed by atoms with van der Waals surface area (Å²) < 4.78 is 9.75. The van der Waals surface area contributed by atoms with E-state index in [9.17, 15) is 14.4 Å². The van der Waals surface area contributed by atoms with Crippen LogP contribution in [0.1, 0.15) is 33.1 Å². The van der Waals surface area contributed by atoms with Gasteiger partial charge in [0.25, 0.3) is 0 Å². The molecule has 0 aromatic heterocycles. The smallest absolute Gasteiger partial charge is 0.347 e. The van der Waals surface area contributed by atoms with Crippen LogP contribution in [0.2, 0.25) is 0 Å². The van der Waals surface area contributed by atoms with Gasteiger partial charge in [-0.05, 0) is 19.8 Å². The van der Waals surface area contributed by atoms with Crippen molar-refractivity contribution in [3.63, 3.8) is 0 Å². The fourth-order valence-corrected chi connectivity index (χ4v) is 1.42. The summed E-state index contributed by atoms with van der Waals surface area (Å²) in [4.78, 5) is 33.8. The fourth-order valence-electron chi connectivity index (χ4n) is 1.42. The van der Waals surface area contributed by atoms with E-state index in [4.69, 9.17) is 9.47 Å². The number of nitrogens with one attached hydrogen (secondary N) is 1. The number of hydrogen-bond acceptors (Lipinski definition) is 5. The molecule has 1 aliphatic heterocycles. The average Bonchev–Trinajstić information content (AvgIpc) is 2.72. The van der Waals surface area contributed by atoms with Crippen LogP contribution in [0.3, 0.4) is 0 Å². The fraction of sp³-hybridized carbons (Fsp3) is 0.727. The van der Waals surface area contributed by atoms with Crippen LogP contribution < -0.4 is 5.32 Å². The first-order valence-corrected chi connectivity index (χ1v) is 5.71. The van der Waals surface area contributed by atoms with Gasteiger partial charge in [0.1, 0.15) is 6.04 Å². The van der Waals surface area contributed by atoms with E-state index in [0.717, 1.165) is 0 Å². The van der Waals surface area contributed by atoms with Gasteiger partial charge in [-0.25, -0.2) is 9.59 Å². The normalized spacial score (nSPS) is 20.6. The van der Waals surface area contributed by atoms with E-state index in [2.05, 4.69) is 5.32 Å². The third-order valence-electron chi connectivity index (χ3n) is 2.35. The molecule has 1 amide bonds. The lowest BCUT2D eigenvalue weighted by atomic mass is 10.2. The third-order valence-corrected chi connectivity index (χ3v) is 2.35. The summed E-state index contributed by atoms with van der Waals surface area (Å²) >= 11 is 0. The number of rotatable bonds is 5. The largest absolute Gasteiger partial charge is 0.463 e. The number of hydrogen-bond donors (Lipinski definition) is 1. The van der Waals surface area contributed by atoms with Gasteiger partial charge >= 0.3 is 11.9 Å². The van der Waals surface area contributed by atoms with E-state index in [1.165, 1.54) is 6.92 Å². The summed E-state index contributed by atoms with van der Waals surface area (Å²) in [5.74, 6) is -1.32. The van der Waals surface area contributed by atoms with Crippen molar-refractivity contribution in [2.75, 3.05) is 6.61 Å². The lowest BCUT2D eigenvalue weighted by Gasteiger charge is -2.15. The van der Waals surface area contributed by atoms with Gasteiger partial charge in [0.2, 0.25) is 5.91 Å². The highest BCUT2D eigenvalue weighted by molar-refractivity contribution is 5.89. The van der Waals surface area contributed by atoms with Crippen molar-refractivity contribution >= 4 is 17.8 Å². The number of amides is 1. The van der Waals surface area contributed by atoms with Gasteiger partial charge in [-0.2, -0.15) is 0 Å². The predicted octanol–water partition coefficient (Wildman–Crippen LogP) is 0.150. The summed E-state index contributed by atoms with van der Waals surface area (Å²) in [6.07, 6.45) is 0.500. The van der Waals surface area contributed by atoms with Crippen molar-refractivity contribution in [2.24, 2.45) is 0 Å². The second-order valence-corrected chi connectivity index (χ2v) is 3.91. The zero-order valence-corrected chi connectivity index (χ0v) is 10.0. The minimum absolute atomic E-state index is 0.173. The van der Waals surface area contributed by atoms with Gasteiger partial charge in [-0.1, -0.05) is 6.92 Å². The molecule has 1 rings (SSSR count). The molecule has 0 aromatic carbocycles. The maximum atomic E-state index is 11.5. The summed E-state index contributed by atoms with van der Waals surface area (Å²) in [5.41, 5.74) is 0. The predicted molar refractivity (Wildman–Crippen MR) is 58.0 cm³/mol. The Hall–Kier alpha value is -1.59. The molecule has 6 nitrogen and oxygen atoms in total. The van der Waals surface area contributed by atoms with Gasteiger partial charge in [0.15, 0.2) is 6.10 Å². The first kappa shape index (κ1) is 13.5. The van der Waals surface area contributed by atoms with E-state index in [-0.39, 0.29) is 5.91 Å². The van der Waals surface area contributed by atoms with Crippen molar-refractivity contribution in [3.8, 4) is 0 Å². The summed E-state index contributed by atoms with van der Waals surface area (Å²) in [5, 5.41) is 2.48. The second kappa shape index (κ2) is 6.22. The lowest BCUT2D eigenvalue weighted by Crippen LogP contribution is -2.38. The highest BCUT2D eigenvalue weighted by Gasteiger charge is 2.31. The van der Waals surface area contributed by atoms with Crippen LogP contribution in [-0.2, 0) is 23.9 Å². The molecular formula is C11H17NO5. The summed E-state index contributed by atoms with van der Waals surface area (Å²) in [7, 11) is 0. The molecule has 0 bridgehead atoms. The Bertz CT molecular complexity index is 315. The van der Waals surface area contributed by atoms with Crippen LogP contribution in [0, 0.1) is 0 Å². The van der Waals surface area contributed by atoms with Gasteiger partial charge in [-0.15, -0.1) is 0 Å². The molecule has 17 heavy (non-hydrogen) atoms. The Morgan fingerprint density at radius 2 is 2.24 bits per heavy atom. The van der Waals surface area contributed by atoms with Gasteiger partial charge in [-0.3, -0.25) is 4.79 Å². The molecule has 0 saturated carbocycles. The van der Waals surface area contributed by atoms with Crippen molar-refractivity contribution in [1.29, 1.82) is 0 Å². The van der Waals surface area contributed by atoms with Gasteiger partial charge in [0, 0.05) is 6.42 Å². The molecule has 1 unspecified atom stereocenters. The molecule has 1 N–H and O–H groups in total. The molecule has 1 fully saturated rings. The first-order valence-electron chi connectivity index (χ1n) is 5.71. The van der Waals surface area contributed by atoms with Crippen LogP contribution >= 0.6 is 0 Å². The van der Waals surface area contributed by atoms with E-state index in [1.54, 1.807) is 0 Å². The molecule has 1 aliphatic rings. The zero-order valence-electron chi connectivity index (χ0n) is 10.0. The molecule has 0 radical (unpaired) electrons. The van der Waals surface area contributed by atoms with Crippen LogP contribution in [-0.4, -0.2) is 36.6 Å². The van der Waals surface area contributed by atoms with Crippen LogP contribution in [0.4, 0.5) is 0 Å². The Morgan fingerprint density at radius 3 is 2.76 bits per heavy atom. The monoisotopic (exact) mass is 243 g/mol. The maximum absolute atomic E-state index is 11.5. The van der Waals surface area contributed by atoms with E-state index < -0.39 is 24.1 Å². The number of esters is 2. The van der Waals surface area contributed by atoms with E-state index in [0.29, 0.717) is 25.9 Å². The summed E-state index contributed by atoms with van der Waals surface area (Å²) in [6.45, 7) is 3.63. The Morgan fingerprint density at radius 1 is 1.53 bits per heavy atom. The maximum Gasteiger partial charge on any atom is 0.347 e. The highest BCUT2D eigenvalue weighted by Crippen LogP contribution is 2.09. The van der Waals surface area contributed by atoms with Crippen LogP contribution in [0.5, 0.6) is 0 Å². The van der Waals surface area contributed by atoms with E-state index >= 15 is 0 Å². The Labute approximate surface area is 99.6 Å². The molecule has 6 heteroatoms. The standard InChI is InChI=1S/C11H17NO5/c1-3-6-16-10(14)7(2)17-11(15)8-4-5-9(13)12-8/h7-8H,3-6H2,1-2H3,(H,12,13)/t7?,8-/m0/s1. The van der Waals surface area contributed by atoms with Crippen molar-refractivity contribution < 1.29 is 23.9 Å². The lowest BCUT2D eigenvalue weighted by molar-refractivity contribution is -0.167. The average molecular weight is 243 g/mol. The quantitative estimate of drug-likeness (QED) is 0.695. The Balaban J connectivity index is 2.35. The van der Waals surface area contributed by atoms with Crippen molar-refractivity contribution in [2.45, 2.75) is 45.3 Å². The van der Waals surface area contributed by atoms with Gasteiger partial charge in [0.05, 0.1) is 6.61 Å². The van der Waals surface area contributed by atoms with E-state index in [1.807, 2.05) is 6.92 Å². The van der Waals surface area contributed by atoms with Crippen LogP contribution in [0.15, 0.2) is 0 Å². The Kier molecular flexibility index (Phi) is 4.93. The van der Waals surface area contributed by atoms with Crippen molar-refractivity contribution in [3.05, 3.63) is 0 Å². The molecule has 0 aromatic rings. The van der Waals surface area contributed by atoms with Crippen LogP contribution in [0.25, 0.3) is 0 Å². The molecule has 0 aliphatic carbocycles. The molecule has 0 spiro atoms. The highest BCUT2D eigenvalue weighted by atomic mass is 16.6. The minimum atomic E-state index is -0.938. The molecule has 1 heterocycles. The topological polar surface area (TPSA) is 81.7 Å². The molecule has 1 saturated heterocycles. The second-order valence-electron chi connectivity index (χ2n) is 3.91. The number of carbonyl (C=O) groups excluding carboxylic acids is 3. The molecule has 96 valence electrons. The zero-order chi connectivity index (χ0) is 12.8. The summed E-state index contributed by atoms with van der Waals surface area (Å²) in [6, 6.07) is -0.635. The number of carbonyl (C=O) groups is 3. The first-order chi connectivity index (χ1) is 8.04. The molecular weight excluding hydrogens is 226 g/mol. The minimum Gasteiger partial charge on any atom is -0.463 e. The third kappa shape index (κ3) is 4.05. The van der Waals surface area contributed by atoms with Gasteiger partial charge < -0.3 is 14.8 Å². The SMILES string of the molecule is CCCOC(=O)C(C)OC(=O)[C@@H]1CCC(=O)N1.